The van der Waals surface area contributed by atoms with Gasteiger partial charge in [0.25, 0.3) is 0 Å². The van der Waals surface area contributed by atoms with Crippen LogP contribution in [0.25, 0.3) is 10.9 Å². The Kier molecular flexibility index (Phi) is 4.09. The van der Waals surface area contributed by atoms with Gasteiger partial charge in [-0.3, -0.25) is 9.69 Å². The fourth-order valence-electron chi connectivity index (χ4n) is 6.43. The number of rotatable bonds is 3. The monoisotopic (exact) mass is 396 g/mol. The third-order valence-corrected chi connectivity index (χ3v) is 7.76. The Labute approximate surface area is 170 Å². The van der Waals surface area contributed by atoms with Crippen LogP contribution in [-0.2, 0) is 23.0 Å². The van der Waals surface area contributed by atoms with E-state index in [4.69, 9.17) is 9.47 Å². The van der Waals surface area contributed by atoms with Crippen molar-refractivity contribution in [2.75, 3.05) is 27.4 Å². The molecule has 5 atom stereocenters. The largest absolute Gasteiger partial charge is 0.497 e. The Morgan fingerprint density at radius 3 is 2.83 bits per heavy atom. The molecule has 6 rings (SSSR count). The molecule has 29 heavy (non-hydrogen) atoms. The van der Waals surface area contributed by atoms with E-state index in [-0.39, 0.29) is 30.6 Å². The lowest BCUT2D eigenvalue weighted by Gasteiger charge is -2.62. The zero-order valence-corrected chi connectivity index (χ0v) is 17.4. The first-order valence-corrected chi connectivity index (χ1v) is 10.3. The number of ether oxygens (including phenoxy) is 2. The Bertz CT molecular complexity index is 1040. The van der Waals surface area contributed by atoms with Crippen LogP contribution in [0.4, 0.5) is 0 Å². The van der Waals surface area contributed by atoms with Crippen molar-refractivity contribution in [2.45, 2.75) is 31.8 Å². The van der Waals surface area contributed by atoms with E-state index in [1.807, 2.05) is 13.0 Å². The summed E-state index contributed by atoms with van der Waals surface area (Å²) < 4.78 is 13.0. The molecule has 1 unspecified atom stereocenters. The normalized spacial score (nSPS) is 33.8. The molecule has 0 aliphatic carbocycles. The number of aliphatic hydroxyl groups is 1. The van der Waals surface area contributed by atoms with Crippen LogP contribution in [0.2, 0.25) is 0 Å². The molecule has 3 saturated heterocycles. The van der Waals surface area contributed by atoms with Crippen molar-refractivity contribution in [3.63, 3.8) is 0 Å². The van der Waals surface area contributed by atoms with Gasteiger partial charge in [0.2, 0.25) is 0 Å². The maximum atomic E-state index is 13.1. The molecular formula is C23H28N2O4. The third-order valence-electron chi connectivity index (χ3n) is 7.76. The molecule has 2 aromatic rings. The van der Waals surface area contributed by atoms with Crippen molar-refractivity contribution in [2.24, 2.45) is 18.4 Å². The summed E-state index contributed by atoms with van der Waals surface area (Å²) in [4.78, 5) is 15.5. The molecule has 6 heteroatoms. The maximum absolute atomic E-state index is 13.1. The molecule has 4 aliphatic heterocycles. The molecule has 0 radical (unpaired) electrons. The van der Waals surface area contributed by atoms with Crippen molar-refractivity contribution >= 4 is 16.9 Å². The van der Waals surface area contributed by atoms with Gasteiger partial charge in [0.15, 0.2) is 0 Å². The van der Waals surface area contributed by atoms with Crippen molar-refractivity contribution in [1.29, 1.82) is 0 Å². The smallest absolute Gasteiger partial charge is 0.316 e. The molecule has 5 heterocycles. The van der Waals surface area contributed by atoms with Gasteiger partial charge in [0.05, 0.1) is 26.9 Å². The summed E-state index contributed by atoms with van der Waals surface area (Å²) in [5, 5.41) is 11.7. The fourth-order valence-corrected chi connectivity index (χ4v) is 6.43. The van der Waals surface area contributed by atoms with E-state index >= 15 is 0 Å². The quantitative estimate of drug-likeness (QED) is 0.638. The minimum absolute atomic E-state index is 0.00523. The second-order valence-corrected chi connectivity index (χ2v) is 8.56. The van der Waals surface area contributed by atoms with Crippen LogP contribution >= 0.6 is 0 Å². The average Bonchev–Trinajstić information content (AvgIpc) is 3.04. The van der Waals surface area contributed by atoms with E-state index in [0.29, 0.717) is 0 Å². The van der Waals surface area contributed by atoms with Gasteiger partial charge in [0.1, 0.15) is 11.2 Å². The standard InChI is InChI=1S/C23H28N2O4/c1-5-13-11-25-19-10-17(13)23(12-26,22(27)29-4)20(25)9-16-15-8-14(28-3)6-7-18(15)24(2)21(16)19/h5-8,17,19-20,26H,9-12H2,1-4H3/t17-,19-,20-,23+/m0/s1. The van der Waals surface area contributed by atoms with E-state index in [2.05, 4.69) is 34.7 Å². The number of methoxy groups -OCH3 is 2. The molecule has 4 aliphatic rings. The predicted molar refractivity (Wildman–Crippen MR) is 110 cm³/mol. The highest BCUT2D eigenvalue weighted by Gasteiger charge is 2.65. The number of carbonyl (C=O) groups excluding carboxylic acids is 1. The van der Waals surface area contributed by atoms with Crippen LogP contribution in [-0.4, -0.2) is 54.0 Å². The lowest BCUT2D eigenvalue weighted by molar-refractivity contribution is -0.183. The first kappa shape index (κ1) is 18.7. The van der Waals surface area contributed by atoms with Gasteiger partial charge in [-0.15, -0.1) is 0 Å². The van der Waals surface area contributed by atoms with Gasteiger partial charge in [-0.05, 0) is 43.5 Å². The van der Waals surface area contributed by atoms with E-state index in [9.17, 15) is 9.90 Å². The molecule has 4 bridgehead atoms. The Hall–Kier alpha value is -2.31. The van der Waals surface area contributed by atoms with E-state index in [0.717, 1.165) is 25.1 Å². The lowest BCUT2D eigenvalue weighted by Crippen LogP contribution is -2.69. The number of aryl methyl sites for hydroxylation is 1. The summed E-state index contributed by atoms with van der Waals surface area (Å²) in [5.74, 6) is 0.547. The van der Waals surface area contributed by atoms with Crippen LogP contribution < -0.4 is 4.74 Å². The average molecular weight is 396 g/mol. The molecule has 1 aromatic carbocycles. The lowest BCUT2D eigenvalue weighted by atomic mass is 9.55. The molecule has 6 nitrogen and oxygen atoms in total. The van der Waals surface area contributed by atoms with Crippen LogP contribution in [0.5, 0.6) is 5.75 Å². The number of benzene rings is 1. The Balaban J connectivity index is 1.75. The molecule has 3 fully saturated rings. The summed E-state index contributed by atoms with van der Waals surface area (Å²) in [6, 6.07) is 6.37. The molecule has 1 N–H and O–H groups in total. The number of aromatic nitrogens is 1. The SMILES string of the molecule is CC=C1CN2[C@H]3Cc4c(n(C)c5ccc(OC)cc45)[C@@H]2C[C@@H]1[C@@]3(CO)C(=O)OC. The molecule has 0 amide bonds. The molecule has 0 spiro atoms. The minimum Gasteiger partial charge on any atom is -0.497 e. The fraction of sp³-hybridized carbons (Fsp3) is 0.522. The van der Waals surface area contributed by atoms with Crippen molar-refractivity contribution in [1.82, 2.24) is 9.47 Å². The number of fused-ring (bicyclic) bond motifs is 4. The topological polar surface area (TPSA) is 63.9 Å². The second-order valence-electron chi connectivity index (χ2n) is 8.56. The van der Waals surface area contributed by atoms with Crippen LogP contribution in [0, 0.1) is 11.3 Å². The number of piperidine rings is 3. The maximum Gasteiger partial charge on any atom is 0.316 e. The van der Waals surface area contributed by atoms with Crippen LogP contribution in [0.15, 0.2) is 29.8 Å². The number of allylic oxidation sites excluding steroid dienone is 1. The first-order valence-electron chi connectivity index (χ1n) is 10.3. The highest BCUT2D eigenvalue weighted by atomic mass is 16.5. The van der Waals surface area contributed by atoms with E-state index in [1.54, 1.807) is 7.11 Å². The van der Waals surface area contributed by atoms with Crippen LogP contribution in [0.3, 0.4) is 0 Å². The third kappa shape index (κ3) is 2.16. The summed E-state index contributed by atoms with van der Waals surface area (Å²) in [5.41, 5.74) is 4.11. The molecule has 1 aromatic heterocycles. The predicted octanol–water partition coefficient (Wildman–Crippen LogP) is 2.59. The summed E-state index contributed by atoms with van der Waals surface area (Å²) in [6.45, 7) is 2.68. The summed E-state index contributed by atoms with van der Waals surface area (Å²) in [7, 11) is 5.25. The molecular weight excluding hydrogens is 368 g/mol. The minimum atomic E-state index is -0.913. The van der Waals surface area contributed by atoms with Crippen LogP contribution in [0.1, 0.15) is 30.6 Å². The zero-order chi connectivity index (χ0) is 20.5. The van der Waals surface area contributed by atoms with E-state index in [1.165, 1.54) is 34.8 Å². The van der Waals surface area contributed by atoms with Gasteiger partial charge in [-0.2, -0.15) is 0 Å². The zero-order valence-electron chi connectivity index (χ0n) is 17.4. The molecule has 154 valence electrons. The van der Waals surface area contributed by atoms with Gasteiger partial charge in [-0.1, -0.05) is 11.6 Å². The first-order chi connectivity index (χ1) is 14.0. The highest BCUT2D eigenvalue weighted by Crippen LogP contribution is 2.60. The summed E-state index contributed by atoms with van der Waals surface area (Å²) in [6.07, 6.45) is 3.66. The number of hydrogen-bond acceptors (Lipinski definition) is 5. The van der Waals surface area contributed by atoms with Crippen molar-refractivity contribution in [3.05, 3.63) is 41.1 Å². The number of hydrogen-bond donors (Lipinski definition) is 1. The van der Waals surface area contributed by atoms with Gasteiger partial charge < -0.3 is 19.1 Å². The van der Waals surface area contributed by atoms with Crippen molar-refractivity contribution < 1.29 is 19.4 Å². The van der Waals surface area contributed by atoms with Gasteiger partial charge in [0, 0.05) is 42.1 Å². The highest BCUT2D eigenvalue weighted by molar-refractivity contribution is 5.88. The number of carbonyl (C=O) groups is 1. The molecule has 0 saturated carbocycles. The second kappa shape index (κ2) is 6.34. The summed E-state index contributed by atoms with van der Waals surface area (Å²) >= 11 is 0. The number of nitrogens with zero attached hydrogens (tertiary/aromatic N) is 2. The Morgan fingerprint density at radius 2 is 2.17 bits per heavy atom. The number of aliphatic hydroxyl groups excluding tert-OH is 1. The Morgan fingerprint density at radius 1 is 1.38 bits per heavy atom. The number of esters is 1. The van der Waals surface area contributed by atoms with E-state index < -0.39 is 5.41 Å². The van der Waals surface area contributed by atoms with Gasteiger partial charge in [-0.25, -0.2) is 0 Å². The van der Waals surface area contributed by atoms with Gasteiger partial charge >= 0.3 is 5.97 Å². The van der Waals surface area contributed by atoms with Crippen molar-refractivity contribution in [3.8, 4) is 5.75 Å².